The zero-order chi connectivity index (χ0) is 14.8. The summed E-state index contributed by atoms with van der Waals surface area (Å²) < 4.78 is 26.3. The Morgan fingerprint density at radius 1 is 1.37 bits per heavy atom. The first-order valence-corrected chi connectivity index (χ1v) is 8.00. The van der Waals surface area contributed by atoms with Crippen LogP contribution < -0.4 is 5.73 Å². The minimum Gasteiger partial charge on any atom is -0.398 e. The quantitative estimate of drug-likeness (QED) is 0.851. The van der Waals surface area contributed by atoms with Gasteiger partial charge in [-0.05, 0) is 37.0 Å². The summed E-state index contributed by atoms with van der Waals surface area (Å²) in [6.45, 7) is 6.28. The summed E-state index contributed by atoms with van der Waals surface area (Å²) in [6.07, 6.45) is 0.810. The Balaban J connectivity index is 3.13. The van der Waals surface area contributed by atoms with Crippen molar-refractivity contribution in [1.29, 1.82) is 0 Å². The Kier molecular flexibility index (Phi) is 5.24. The Labute approximate surface area is 120 Å². The van der Waals surface area contributed by atoms with E-state index in [9.17, 15) is 8.42 Å². The molecule has 6 heteroatoms. The van der Waals surface area contributed by atoms with E-state index in [1.54, 1.807) is 20.0 Å². The number of nitrogens with two attached hydrogens (primary N) is 1. The van der Waals surface area contributed by atoms with Crippen LogP contribution in [-0.2, 0) is 10.0 Å². The molecule has 1 aromatic carbocycles. The molecule has 0 saturated carbocycles. The second-order valence-electron chi connectivity index (χ2n) is 5.13. The van der Waals surface area contributed by atoms with Gasteiger partial charge in [-0.2, -0.15) is 0 Å². The van der Waals surface area contributed by atoms with E-state index in [1.165, 1.54) is 10.4 Å². The average Bonchev–Trinajstić information content (AvgIpc) is 2.30. The topological polar surface area (TPSA) is 63.4 Å². The van der Waals surface area contributed by atoms with E-state index in [1.807, 2.05) is 0 Å². The molecule has 4 nitrogen and oxygen atoms in total. The van der Waals surface area contributed by atoms with Crippen LogP contribution in [0.3, 0.4) is 0 Å². The van der Waals surface area contributed by atoms with Crippen molar-refractivity contribution >= 4 is 27.3 Å². The van der Waals surface area contributed by atoms with Gasteiger partial charge in [0.25, 0.3) is 0 Å². The van der Waals surface area contributed by atoms with Crippen LogP contribution >= 0.6 is 11.6 Å². The molecule has 2 N–H and O–H groups in total. The third kappa shape index (κ3) is 3.84. The number of benzene rings is 1. The van der Waals surface area contributed by atoms with Crippen molar-refractivity contribution in [2.24, 2.45) is 5.92 Å². The number of anilines is 1. The lowest BCUT2D eigenvalue weighted by molar-refractivity contribution is 0.428. The van der Waals surface area contributed by atoms with E-state index < -0.39 is 10.0 Å². The predicted octanol–water partition coefficient (Wildman–Crippen LogP) is 2.90. The van der Waals surface area contributed by atoms with Gasteiger partial charge in [0.1, 0.15) is 0 Å². The summed E-state index contributed by atoms with van der Waals surface area (Å²) in [5, 5.41) is 0.332. The second kappa shape index (κ2) is 6.11. The van der Waals surface area contributed by atoms with Crippen LogP contribution in [0.15, 0.2) is 17.0 Å². The van der Waals surface area contributed by atoms with E-state index in [0.29, 0.717) is 28.7 Å². The number of hydrogen-bond donors (Lipinski definition) is 1. The molecule has 0 aliphatic rings. The lowest BCUT2D eigenvalue weighted by Crippen LogP contribution is -2.29. The molecule has 0 fully saturated rings. The summed E-state index contributed by atoms with van der Waals surface area (Å²) in [6, 6.07) is 3.01. The summed E-state index contributed by atoms with van der Waals surface area (Å²) in [5.41, 5.74) is 6.71. The fourth-order valence-corrected chi connectivity index (χ4v) is 3.42. The summed E-state index contributed by atoms with van der Waals surface area (Å²) >= 11 is 5.90. The summed E-state index contributed by atoms with van der Waals surface area (Å²) in [5.74, 6) is 0.447. The Morgan fingerprint density at radius 3 is 2.47 bits per heavy atom. The van der Waals surface area contributed by atoms with Crippen LogP contribution in [0.5, 0.6) is 0 Å². The molecule has 0 aliphatic carbocycles. The molecule has 0 radical (unpaired) electrons. The summed E-state index contributed by atoms with van der Waals surface area (Å²) in [4.78, 5) is 0.184. The molecule has 108 valence electrons. The van der Waals surface area contributed by atoms with Crippen LogP contribution in [0.4, 0.5) is 5.69 Å². The summed E-state index contributed by atoms with van der Waals surface area (Å²) in [7, 11) is -1.96. The van der Waals surface area contributed by atoms with Crippen molar-refractivity contribution < 1.29 is 8.42 Å². The fraction of sp³-hybridized carbons (Fsp3) is 0.538. The smallest absolute Gasteiger partial charge is 0.243 e. The van der Waals surface area contributed by atoms with Crippen LogP contribution in [0.25, 0.3) is 0 Å². The zero-order valence-electron chi connectivity index (χ0n) is 11.8. The molecule has 0 heterocycles. The molecule has 0 saturated heterocycles. The van der Waals surface area contributed by atoms with Gasteiger partial charge in [-0.25, -0.2) is 12.7 Å². The molecule has 0 aromatic heterocycles. The first-order valence-electron chi connectivity index (χ1n) is 6.18. The molecular formula is C13H21ClN2O2S. The number of hydrogen-bond acceptors (Lipinski definition) is 3. The highest BCUT2D eigenvalue weighted by Crippen LogP contribution is 2.28. The van der Waals surface area contributed by atoms with Crippen LogP contribution in [0.2, 0.25) is 5.02 Å². The normalized spacial score (nSPS) is 12.4. The first-order chi connectivity index (χ1) is 8.66. The highest BCUT2D eigenvalue weighted by atomic mass is 35.5. The van der Waals surface area contributed by atoms with Crippen LogP contribution in [0.1, 0.15) is 25.8 Å². The number of nitrogen functional groups attached to an aromatic ring is 1. The minimum atomic E-state index is -3.54. The standard InChI is InChI=1S/C13H21ClN2O2S/c1-9(2)5-6-16(4)19(17,18)13-8-11(14)7-12(15)10(13)3/h7-9H,5-6,15H2,1-4H3. The predicted molar refractivity (Wildman–Crippen MR) is 79.9 cm³/mol. The van der Waals surface area contributed by atoms with Gasteiger partial charge in [-0.3, -0.25) is 0 Å². The maximum absolute atomic E-state index is 12.5. The van der Waals surface area contributed by atoms with Gasteiger partial charge in [0.15, 0.2) is 0 Å². The highest BCUT2D eigenvalue weighted by Gasteiger charge is 2.24. The van der Waals surface area contributed by atoms with Crippen molar-refractivity contribution in [1.82, 2.24) is 4.31 Å². The maximum Gasteiger partial charge on any atom is 0.243 e. The van der Waals surface area contributed by atoms with Crippen LogP contribution in [-0.4, -0.2) is 26.3 Å². The SMILES string of the molecule is Cc1c(N)cc(Cl)cc1S(=O)(=O)N(C)CCC(C)C. The maximum atomic E-state index is 12.5. The van der Waals surface area contributed by atoms with Gasteiger partial charge in [0.05, 0.1) is 4.90 Å². The first kappa shape index (κ1) is 16.3. The van der Waals surface area contributed by atoms with Gasteiger partial charge in [-0.15, -0.1) is 0 Å². The van der Waals surface area contributed by atoms with E-state index >= 15 is 0 Å². The number of halogens is 1. The molecule has 0 bridgehead atoms. The van der Waals surface area contributed by atoms with E-state index in [-0.39, 0.29) is 4.90 Å². The molecule has 0 atom stereocenters. The molecule has 19 heavy (non-hydrogen) atoms. The number of sulfonamides is 1. The third-order valence-corrected chi connectivity index (χ3v) is 5.28. The molecule has 1 rings (SSSR count). The molecule has 1 aromatic rings. The van der Waals surface area contributed by atoms with Crippen molar-refractivity contribution in [2.45, 2.75) is 32.1 Å². The lowest BCUT2D eigenvalue weighted by atomic mass is 10.1. The van der Waals surface area contributed by atoms with E-state index in [2.05, 4.69) is 13.8 Å². The molecule has 0 unspecified atom stereocenters. The zero-order valence-corrected chi connectivity index (χ0v) is 13.3. The molecule has 0 aliphatic heterocycles. The lowest BCUT2D eigenvalue weighted by Gasteiger charge is -2.20. The van der Waals surface area contributed by atoms with Gasteiger partial charge in [0, 0.05) is 24.3 Å². The van der Waals surface area contributed by atoms with Crippen molar-refractivity contribution in [2.75, 3.05) is 19.3 Å². The van der Waals surface area contributed by atoms with Gasteiger partial charge >= 0.3 is 0 Å². The van der Waals surface area contributed by atoms with Crippen molar-refractivity contribution in [3.63, 3.8) is 0 Å². The molecular weight excluding hydrogens is 284 g/mol. The highest BCUT2D eigenvalue weighted by molar-refractivity contribution is 7.89. The van der Waals surface area contributed by atoms with Gasteiger partial charge in [-0.1, -0.05) is 25.4 Å². The van der Waals surface area contributed by atoms with Gasteiger partial charge in [0.2, 0.25) is 10.0 Å². The second-order valence-corrected chi connectivity index (χ2v) is 7.58. The number of nitrogens with zero attached hydrogens (tertiary/aromatic N) is 1. The number of rotatable bonds is 5. The Bertz CT molecular complexity index is 556. The van der Waals surface area contributed by atoms with E-state index in [0.717, 1.165) is 6.42 Å². The average molecular weight is 305 g/mol. The van der Waals surface area contributed by atoms with Crippen LogP contribution in [0, 0.1) is 12.8 Å². The molecule has 0 amide bonds. The molecule has 0 spiro atoms. The van der Waals surface area contributed by atoms with Crippen molar-refractivity contribution in [3.05, 3.63) is 22.7 Å². The largest absolute Gasteiger partial charge is 0.398 e. The Hall–Kier alpha value is -0.780. The monoisotopic (exact) mass is 304 g/mol. The minimum absolute atomic E-state index is 0.184. The fourth-order valence-electron chi connectivity index (χ4n) is 1.67. The van der Waals surface area contributed by atoms with E-state index in [4.69, 9.17) is 17.3 Å². The van der Waals surface area contributed by atoms with Gasteiger partial charge < -0.3 is 5.73 Å². The Morgan fingerprint density at radius 2 is 1.95 bits per heavy atom. The third-order valence-electron chi connectivity index (χ3n) is 3.07. The van der Waals surface area contributed by atoms with Crippen molar-refractivity contribution in [3.8, 4) is 0 Å².